The summed E-state index contributed by atoms with van der Waals surface area (Å²) in [7, 11) is -2.46. The molecule has 0 saturated heterocycles. The van der Waals surface area contributed by atoms with Crippen LogP contribution in [0.15, 0.2) is 23.1 Å². The first-order valence-electron chi connectivity index (χ1n) is 5.93. The number of hydrogen-bond acceptors (Lipinski definition) is 4. The Labute approximate surface area is 123 Å². The Balaban J connectivity index is 3.22. The number of sulfonamides is 1. The van der Waals surface area contributed by atoms with Crippen LogP contribution in [0.2, 0.25) is 0 Å². The summed E-state index contributed by atoms with van der Waals surface area (Å²) in [6, 6.07) is 3.26. The molecule has 20 heavy (non-hydrogen) atoms. The van der Waals surface area contributed by atoms with Crippen molar-refractivity contribution >= 4 is 27.2 Å². The summed E-state index contributed by atoms with van der Waals surface area (Å²) < 4.78 is 45.7. The highest BCUT2D eigenvalue weighted by Crippen LogP contribution is 2.19. The third kappa shape index (κ3) is 3.95. The molecule has 0 saturated carbocycles. The highest BCUT2D eigenvalue weighted by molar-refractivity contribution is 7.89. The van der Waals surface area contributed by atoms with E-state index in [1.165, 1.54) is 19.2 Å². The molecule has 8 heteroatoms. The fourth-order valence-corrected chi connectivity index (χ4v) is 3.49. The SMILES string of the molecule is CCC(COC)NS(=O)(=O)c1cccc(F)c1C(N)=S. The van der Waals surface area contributed by atoms with Crippen molar-refractivity contribution in [1.82, 2.24) is 4.72 Å². The Morgan fingerprint density at radius 2 is 2.20 bits per heavy atom. The van der Waals surface area contributed by atoms with Gasteiger partial charge in [0.25, 0.3) is 0 Å². The Bertz CT molecular complexity index is 590. The van der Waals surface area contributed by atoms with Crippen LogP contribution in [0.25, 0.3) is 0 Å². The van der Waals surface area contributed by atoms with E-state index >= 15 is 0 Å². The lowest BCUT2D eigenvalue weighted by molar-refractivity contribution is 0.173. The lowest BCUT2D eigenvalue weighted by Crippen LogP contribution is -2.38. The molecule has 1 aromatic carbocycles. The predicted octanol–water partition coefficient (Wildman–Crippen LogP) is 1.16. The zero-order valence-corrected chi connectivity index (χ0v) is 12.9. The topological polar surface area (TPSA) is 81.4 Å². The molecule has 0 bridgehead atoms. The van der Waals surface area contributed by atoms with Crippen molar-refractivity contribution in [3.05, 3.63) is 29.6 Å². The summed E-state index contributed by atoms with van der Waals surface area (Å²) in [5, 5.41) is 0. The van der Waals surface area contributed by atoms with Crippen LogP contribution in [0.1, 0.15) is 18.9 Å². The van der Waals surface area contributed by atoms with Gasteiger partial charge in [0, 0.05) is 13.2 Å². The van der Waals surface area contributed by atoms with Crippen molar-refractivity contribution in [3.63, 3.8) is 0 Å². The van der Waals surface area contributed by atoms with Crippen LogP contribution in [0.5, 0.6) is 0 Å². The Morgan fingerprint density at radius 3 is 2.70 bits per heavy atom. The van der Waals surface area contributed by atoms with Gasteiger partial charge in [-0.05, 0) is 18.6 Å². The van der Waals surface area contributed by atoms with Gasteiger partial charge in [0.2, 0.25) is 10.0 Å². The van der Waals surface area contributed by atoms with Crippen LogP contribution in [-0.4, -0.2) is 33.2 Å². The number of nitrogens with one attached hydrogen (secondary N) is 1. The molecular weight excluding hydrogens is 303 g/mol. The third-order valence-electron chi connectivity index (χ3n) is 2.69. The smallest absolute Gasteiger partial charge is 0.241 e. The molecule has 0 aromatic heterocycles. The summed E-state index contributed by atoms with van der Waals surface area (Å²) in [5.41, 5.74) is 5.13. The fraction of sp³-hybridized carbons (Fsp3) is 0.417. The Hall–Kier alpha value is -1.09. The number of benzene rings is 1. The monoisotopic (exact) mass is 320 g/mol. The van der Waals surface area contributed by atoms with Crippen LogP contribution in [0.3, 0.4) is 0 Å². The van der Waals surface area contributed by atoms with Crippen LogP contribution >= 0.6 is 12.2 Å². The van der Waals surface area contributed by atoms with Gasteiger partial charge in [0.05, 0.1) is 17.1 Å². The minimum Gasteiger partial charge on any atom is -0.389 e. The van der Waals surface area contributed by atoms with Crippen molar-refractivity contribution < 1.29 is 17.5 Å². The van der Waals surface area contributed by atoms with Gasteiger partial charge in [0.1, 0.15) is 10.8 Å². The molecule has 1 atom stereocenters. The zero-order chi connectivity index (χ0) is 15.3. The lowest BCUT2D eigenvalue weighted by atomic mass is 10.2. The molecule has 0 radical (unpaired) electrons. The number of thiocarbonyl (C=S) groups is 1. The molecule has 0 amide bonds. The summed E-state index contributed by atoms with van der Waals surface area (Å²) in [5.74, 6) is -0.764. The van der Waals surface area contributed by atoms with Crippen molar-refractivity contribution in [2.75, 3.05) is 13.7 Å². The number of rotatable bonds is 7. The van der Waals surface area contributed by atoms with Crippen molar-refractivity contribution in [2.45, 2.75) is 24.3 Å². The van der Waals surface area contributed by atoms with Crippen LogP contribution < -0.4 is 10.5 Å². The van der Waals surface area contributed by atoms with E-state index < -0.39 is 21.9 Å². The van der Waals surface area contributed by atoms with Crippen molar-refractivity contribution in [2.24, 2.45) is 5.73 Å². The maximum Gasteiger partial charge on any atom is 0.241 e. The first kappa shape index (κ1) is 17.0. The molecule has 3 N–H and O–H groups in total. The molecule has 0 aliphatic rings. The summed E-state index contributed by atoms with van der Waals surface area (Å²) in [6.07, 6.45) is 0.533. The molecule has 1 aromatic rings. The molecular formula is C12H17FN2O3S2. The standard InChI is InChI=1S/C12H17FN2O3S2/c1-3-8(7-18-2)15-20(16,17)10-6-4-5-9(13)11(10)12(14)19/h4-6,8,15H,3,7H2,1-2H3,(H2,14,19). The van der Waals surface area contributed by atoms with E-state index in [0.29, 0.717) is 6.42 Å². The van der Waals surface area contributed by atoms with E-state index in [4.69, 9.17) is 22.7 Å². The molecule has 0 fully saturated rings. The summed E-state index contributed by atoms with van der Waals surface area (Å²) in [4.78, 5) is -0.567. The van der Waals surface area contributed by atoms with Gasteiger partial charge in [-0.1, -0.05) is 25.2 Å². The quantitative estimate of drug-likeness (QED) is 0.737. The molecule has 1 rings (SSSR count). The molecule has 0 aliphatic carbocycles. The largest absolute Gasteiger partial charge is 0.389 e. The summed E-state index contributed by atoms with van der Waals surface area (Å²) >= 11 is 4.72. The zero-order valence-electron chi connectivity index (χ0n) is 11.2. The summed E-state index contributed by atoms with van der Waals surface area (Å²) in [6.45, 7) is 2.03. The number of hydrogen-bond donors (Lipinski definition) is 2. The minimum absolute atomic E-state index is 0.216. The number of ether oxygens (including phenoxy) is 1. The first-order chi connectivity index (χ1) is 9.33. The van der Waals surface area contributed by atoms with E-state index in [2.05, 4.69) is 4.72 Å². The van der Waals surface area contributed by atoms with E-state index in [-0.39, 0.29) is 22.1 Å². The lowest BCUT2D eigenvalue weighted by Gasteiger charge is -2.17. The van der Waals surface area contributed by atoms with Crippen LogP contribution in [-0.2, 0) is 14.8 Å². The second kappa shape index (κ2) is 7.07. The van der Waals surface area contributed by atoms with E-state index in [1.807, 2.05) is 6.92 Å². The molecule has 0 spiro atoms. The van der Waals surface area contributed by atoms with Gasteiger partial charge < -0.3 is 10.5 Å². The highest BCUT2D eigenvalue weighted by Gasteiger charge is 2.25. The third-order valence-corrected chi connectivity index (χ3v) is 4.46. The molecule has 0 heterocycles. The van der Waals surface area contributed by atoms with Crippen LogP contribution in [0, 0.1) is 5.82 Å². The number of methoxy groups -OCH3 is 1. The molecule has 112 valence electrons. The van der Waals surface area contributed by atoms with Gasteiger partial charge >= 0.3 is 0 Å². The average molecular weight is 320 g/mol. The maximum atomic E-state index is 13.7. The van der Waals surface area contributed by atoms with Gasteiger partial charge in [0.15, 0.2) is 0 Å². The van der Waals surface area contributed by atoms with E-state index in [1.54, 1.807) is 0 Å². The Morgan fingerprint density at radius 1 is 1.55 bits per heavy atom. The average Bonchev–Trinajstić information content (AvgIpc) is 2.37. The van der Waals surface area contributed by atoms with Crippen LogP contribution in [0.4, 0.5) is 4.39 Å². The maximum absolute atomic E-state index is 13.7. The normalized spacial score (nSPS) is 13.2. The second-order valence-electron chi connectivity index (χ2n) is 4.16. The predicted molar refractivity (Wildman–Crippen MR) is 78.6 cm³/mol. The minimum atomic E-state index is -3.93. The van der Waals surface area contributed by atoms with Gasteiger partial charge in [-0.15, -0.1) is 0 Å². The van der Waals surface area contributed by atoms with Crippen molar-refractivity contribution in [3.8, 4) is 0 Å². The van der Waals surface area contributed by atoms with Gasteiger partial charge in [-0.2, -0.15) is 0 Å². The van der Waals surface area contributed by atoms with Gasteiger partial charge in [-0.25, -0.2) is 17.5 Å². The number of nitrogens with two attached hydrogens (primary N) is 1. The van der Waals surface area contributed by atoms with E-state index in [0.717, 1.165) is 6.07 Å². The number of halogens is 1. The molecule has 5 nitrogen and oxygen atoms in total. The first-order valence-corrected chi connectivity index (χ1v) is 7.82. The van der Waals surface area contributed by atoms with E-state index in [9.17, 15) is 12.8 Å². The van der Waals surface area contributed by atoms with Gasteiger partial charge in [-0.3, -0.25) is 0 Å². The second-order valence-corrected chi connectivity index (χ2v) is 6.28. The molecule has 1 unspecified atom stereocenters. The highest BCUT2D eigenvalue weighted by atomic mass is 32.2. The Kier molecular flexibility index (Phi) is 6.00. The fourth-order valence-electron chi connectivity index (χ4n) is 1.69. The molecule has 0 aliphatic heterocycles. The van der Waals surface area contributed by atoms with Crippen molar-refractivity contribution in [1.29, 1.82) is 0 Å².